The third kappa shape index (κ3) is 4.72. The van der Waals surface area contributed by atoms with E-state index in [9.17, 15) is 13.2 Å². The highest BCUT2D eigenvalue weighted by Gasteiger charge is 2.27. The predicted molar refractivity (Wildman–Crippen MR) is 98.8 cm³/mol. The molecule has 0 bridgehead atoms. The number of amides is 1. The van der Waals surface area contributed by atoms with E-state index in [0.29, 0.717) is 26.1 Å². The summed E-state index contributed by atoms with van der Waals surface area (Å²) in [6.07, 6.45) is 4.81. The standard InChI is InChI=1S/C19H25NO5S/c1-14(25-13-17-8-4-5-11-24-17)19(21)20-26(22,23)18-10-9-15-6-2-3-7-16(15)12-18/h2-3,6-7,12,14,17H,4-5,8-11,13H2,1H3,(H,20,21)/t14-,17+/m1/s1. The number of aryl methyl sites for hydroxylation is 1. The molecule has 0 radical (unpaired) electrons. The Labute approximate surface area is 154 Å². The molecular weight excluding hydrogens is 354 g/mol. The normalized spacial score (nSPS) is 21.4. The summed E-state index contributed by atoms with van der Waals surface area (Å²) < 4.78 is 38.3. The number of ether oxygens (including phenoxy) is 2. The van der Waals surface area contributed by atoms with Crippen LogP contribution in [0.3, 0.4) is 0 Å². The van der Waals surface area contributed by atoms with Crippen LogP contribution in [0.2, 0.25) is 0 Å². The second-order valence-electron chi connectivity index (χ2n) is 6.74. The SMILES string of the molecule is C[C@@H](OC[C@@H]1CCCCO1)C(=O)NS(=O)(=O)C1=Cc2ccccc2CC1. The molecule has 1 saturated heterocycles. The van der Waals surface area contributed by atoms with Gasteiger partial charge in [0.2, 0.25) is 0 Å². The summed E-state index contributed by atoms with van der Waals surface area (Å²) >= 11 is 0. The van der Waals surface area contributed by atoms with E-state index in [1.54, 1.807) is 13.0 Å². The molecule has 1 amide bonds. The van der Waals surface area contributed by atoms with Crippen molar-refractivity contribution in [3.05, 3.63) is 40.3 Å². The van der Waals surface area contributed by atoms with Gasteiger partial charge in [0.25, 0.3) is 15.9 Å². The molecule has 26 heavy (non-hydrogen) atoms. The van der Waals surface area contributed by atoms with Gasteiger partial charge in [0, 0.05) is 6.61 Å². The molecule has 1 aromatic rings. The Morgan fingerprint density at radius 2 is 2.12 bits per heavy atom. The van der Waals surface area contributed by atoms with Gasteiger partial charge < -0.3 is 9.47 Å². The lowest BCUT2D eigenvalue weighted by Gasteiger charge is -2.24. The Morgan fingerprint density at radius 1 is 1.31 bits per heavy atom. The number of benzene rings is 1. The maximum atomic E-state index is 12.5. The van der Waals surface area contributed by atoms with E-state index in [1.807, 2.05) is 24.3 Å². The zero-order valence-electron chi connectivity index (χ0n) is 14.9. The molecule has 1 N–H and O–H groups in total. The third-order valence-corrected chi connectivity index (χ3v) is 6.25. The summed E-state index contributed by atoms with van der Waals surface area (Å²) in [5, 5.41) is 0. The van der Waals surface area contributed by atoms with Crippen LogP contribution in [0.25, 0.3) is 6.08 Å². The molecule has 6 nitrogen and oxygen atoms in total. The van der Waals surface area contributed by atoms with Gasteiger partial charge in [-0.2, -0.15) is 0 Å². The van der Waals surface area contributed by atoms with Crippen molar-refractivity contribution < 1.29 is 22.7 Å². The molecule has 1 aliphatic heterocycles. The van der Waals surface area contributed by atoms with Crippen LogP contribution in [0, 0.1) is 0 Å². The second-order valence-corrected chi connectivity index (χ2v) is 8.48. The molecular formula is C19H25NO5S. The monoisotopic (exact) mass is 379 g/mol. The first-order valence-electron chi connectivity index (χ1n) is 9.04. The fraction of sp³-hybridized carbons (Fsp3) is 0.526. The highest BCUT2D eigenvalue weighted by Crippen LogP contribution is 2.26. The predicted octanol–water partition coefficient (Wildman–Crippen LogP) is 2.39. The molecule has 0 saturated carbocycles. The number of fused-ring (bicyclic) bond motifs is 1. The first-order chi connectivity index (χ1) is 12.5. The number of allylic oxidation sites excluding steroid dienone is 1. The van der Waals surface area contributed by atoms with E-state index in [1.165, 1.54) is 0 Å². The molecule has 2 aliphatic rings. The average Bonchev–Trinajstić information content (AvgIpc) is 2.66. The molecule has 1 heterocycles. The number of hydrogen-bond donors (Lipinski definition) is 1. The summed E-state index contributed by atoms with van der Waals surface area (Å²) in [7, 11) is -3.86. The molecule has 0 unspecified atom stereocenters. The van der Waals surface area contributed by atoms with Crippen molar-refractivity contribution in [1.82, 2.24) is 4.72 Å². The number of carbonyl (C=O) groups excluding carboxylic acids is 1. The number of hydrogen-bond acceptors (Lipinski definition) is 5. The van der Waals surface area contributed by atoms with Gasteiger partial charge in [-0.15, -0.1) is 0 Å². The van der Waals surface area contributed by atoms with Crippen LogP contribution >= 0.6 is 0 Å². The largest absolute Gasteiger partial charge is 0.376 e. The van der Waals surface area contributed by atoms with E-state index in [0.717, 1.165) is 30.4 Å². The van der Waals surface area contributed by atoms with Crippen molar-refractivity contribution in [2.75, 3.05) is 13.2 Å². The number of rotatable bonds is 6. The topological polar surface area (TPSA) is 81.7 Å². The number of sulfonamides is 1. The summed E-state index contributed by atoms with van der Waals surface area (Å²) in [4.78, 5) is 12.5. The molecule has 0 spiro atoms. The van der Waals surface area contributed by atoms with Crippen molar-refractivity contribution in [3.8, 4) is 0 Å². The van der Waals surface area contributed by atoms with Crippen LogP contribution in [-0.2, 0) is 30.7 Å². The van der Waals surface area contributed by atoms with E-state index in [2.05, 4.69) is 4.72 Å². The smallest absolute Gasteiger partial charge is 0.262 e. The fourth-order valence-corrected chi connectivity index (χ4v) is 4.38. The molecule has 0 aromatic heterocycles. The van der Waals surface area contributed by atoms with Crippen LogP contribution < -0.4 is 4.72 Å². The Bertz CT molecular complexity index is 781. The molecule has 142 valence electrons. The lowest BCUT2D eigenvalue weighted by Crippen LogP contribution is -2.40. The van der Waals surface area contributed by atoms with Gasteiger partial charge in [-0.3, -0.25) is 4.79 Å². The minimum absolute atomic E-state index is 0.0202. The summed E-state index contributed by atoms with van der Waals surface area (Å²) in [5.41, 5.74) is 1.99. The quantitative estimate of drug-likeness (QED) is 0.821. The van der Waals surface area contributed by atoms with Gasteiger partial charge in [0.1, 0.15) is 6.10 Å². The zero-order valence-corrected chi connectivity index (χ0v) is 15.8. The highest BCUT2D eigenvalue weighted by molar-refractivity contribution is 7.94. The van der Waals surface area contributed by atoms with Gasteiger partial charge >= 0.3 is 0 Å². The van der Waals surface area contributed by atoms with E-state index in [4.69, 9.17) is 9.47 Å². The molecule has 7 heteroatoms. The van der Waals surface area contributed by atoms with Crippen LogP contribution in [-0.4, -0.2) is 39.7 Å². The Hall–Kier alpha value is -1.70. The van der Waals surface area contributed by atoms with Crippen LogP contribution in [0.15, 0.2) is 29.2 Å². The molecule has 1 fully saturated rings. The molecule has 1 aromatic carbocycles. The summed E-state index contributed by atoms with van der Waals surface area (Å²) in [6, 6.07) is 7.66. The van der Waals surface area contributed by atoms with Crippen molar-refractivity contribution in [3.63, 3.8) is 0 Å². The lowest BCUT2D eigenvalue weighted by atomic mass is 9.98. The van der Waals surface area contributed by atoms with Crippen molar-refractivity contribution >= 4 is 22.0 Å². The maximum Gasteiger partial charge on any atom is 0.262 e. The highest BCUT2D eigenvalue weighted by atomic mass is 32.2. The first kappa shape index (κ1) is 19.1. The summed E-state index contributed by atoms with van der Waals surface area (Å²) in [6.45, 7) is 2.56. The van der Waals surface area contributed by atoms with Gasteiger partial charge in [0.05, 0.1) is 17.6 Å². The zero-order chi connectivity index (χ0) is 18.6. The van der Waals surface area contributed by atoms with E-state index in [-0.39, 0.29) is 11.0 Å². The second kappa shape index (κ2) is 8.33. The van der Waals surface area contributed by atoms with E-state index >= 15 is 0 Å². The van der Waals surface area contributed by atoms with Crippen LogP contribution in [0.4, 0.5) is 0 Å². The van der Waals surface area contributed by atoms with E-state index < -0.39 is 22.0 Å². The Balaban J connectivity index is 1.58. The maximum absolute atomic E-state index is 12.5. The van der Waals surface area contributed by atoms with Gasteiger partial charge in [-0.25, -0.2) is 13.1 Å². The molecule has 3 rings (SSSR count). The van der Waals surface area contributed by atoms with Crippen molar-refractivity contribution in [2.45, 2.75) is 51.2 Å². The third-order valence-electron chi connectivity index (χ3n) is 4.77. The molecule has 2 atom stereocenters. The van der Waals surface area contributed by atoms with Crippen LogP contribution in [0.5, 0.6) is 0 Å². The average molecular weight is 379 g/mol. The minimum atomic E-state index is -3.86. The van der Waals surface area contributed by atoms with Crippen molar-refractivity contribution in [1.29, 1.82) is 0 Å². The Morgan fingerprint density at radius 3 is 2.88 bits per heavy atom. The summed E-state index contributed by atoms with van der Waals surface area (Å²) in [5.74, 6) is -0.652. The van der Waals surface area contributed by atoms with Gasteiger partial charge in [-0.1, -0.05) is 24.3 Å². The lowest BCUT2D eigenvalue weighted by molar-refractivity contribution is -0.133. The number of nitrogens with one attached hydrogen (secondary N) is 1. The van der Waals surface area contributed by atoms with Crippen molar-refractivity contribution in [2.24, 2.45) is 0 Å². The number of carbonyl (C=O) groups is 1. The molecule has 1 aliphatic carbocycles. The van der Waals surface area contributed by atoms with Crippen LogP contribution in [0.1, 0.15) is 43.7 Å². The minimum Gasteiger partial charge on any atom is -0.376 e. The van der Waals surface area contributed by atoms with Gasteiger partial charge in [0.15, 0.2) is 0 Å². The fourth-order valence-electron chi connectivity index (χ4n) is 3.17. The first-order valence-corrected chi connectivity index (χ1v) is 10.5. The van der Waals surface area contributed by atoms with Gasteiger partial charge in [-0.05, 0) is 56.2 Å². The Kier molecular flexibility index (Phi) is 6.11.